The van der Waals surface area contributed by atoms with E-state index >= 15 is 0 Å². The van der Waals surface area contributed by atoms with Crippen molar-refractivity contribution in [2.45, 2.75) is 103 Å². The van der Waals surface area contributed by atoms with Gasteiger partial charge in [-0.1, -0.05) is 82.6 Å². The third-order valence-electron chi connectivity index (χ3n) is 9.95. The van der Waals surface area contributed by atoms with Crippen molar-refractivity contribution in [3.63, 3.8) is 0 Å². The van der Waals surface area contributed by atoms with Gasteiger partial charge in [0.2, 0.25) is 0 Å². The lowest BCUT2D eigenvalue weighted by atomic mass is 9.80. The van der Waals surface area contributed by atoms with Crippen LogP contribution in [0.2, 0.25) is 0 Å². The number of carboxylic acids is 1. The first-order valence-electron chi connectivity index (χ1n) is 16.9. The number of fused-ring (bicyclic) bond motifs is 1. The van der Waals surface area contributed by atoms with Gasteiger partial charge >= 0.3 is 5.97 Å². The standard InChI is InChI=1S/C37H53N3O4S/c1-7-10-28(11-8-2)40-18-16-27-15-14-26(20-31(27)37(4,5)24-40)22-44-34-25(3)12-9-13-29(34)32-23-45-36(38-32)39-19-17-30(35(41)42)33(21-39)43-6/h9,12-15,20,23,28,30,33,36,38H,7-8,10-11,16-19,21-22,24H2,1-6H3,(H,41,42). The number of hydrogen-bond donors (Lipinski definition) is 2. The maximum absolute atomic E-state index is 11.7. The summed E-state index contributed by atoms with van der Waals surface area (Å²) in [6.07, 6.45) is 6.39. The fraction of sp³-hybridized carbons (Fsp3) is 0.595. The number of aryl methyl sites for hydroxylation is 1. The molecule has 246 valence electrons. The lowest BCUT2D eigenvalue weighted by molar-refractivity contribution is -0.150. The highest BCUT2D eigenvalue weighted by atomic mass is 32.2. The maximum Gasteiger partial charge on any atom is 0.309 e. The number of piperidine rings is 1. The van der Waals surface area contributed by atoms with E-state index in [9.17, 15) is 9.90 Å². The number of rotatable bonds is 12. The Labute approximate surface area is 274 Å². The number of methoxy groups -OCH3 is 1. The number of nitrogens with one attached hydrogen (secondary N) is 1. The van der Waals surface area contributed by atoms with Crippen molar-refractivity contribution in [1.82, 2.24) is 15.1 Å². The van der Waals surface area contributed by atoms with Gasteiger partial charge < -0.3 is 19.9 Å². The van der Waals surface area contributed by atoms with Crippen LogP contribution in [0.25, 0.3) is 5.70 Å². The van der Waals surface area contributed by atoms with E-state index in [1.54, 1.807) is 18.9 Å². The first-order valence-corrected chi connectivity index (χ1v) is 17.8. The van der Waals surface area contributed by atoms with Gasteiger partial charge in [-0.15, -0.1) is 0 Å². The van der Waals surface area contributed by atoms with Gasteiger partial charge in [0, 0.05) is 50.3 Å². The van der Waals surface area contributed by atoms with E-state index in [-0.39, 0.29) is 17.0 Å². The molecule has 8 heteroatoms. The van der Waals surface area contributed by atoms with E-state index in [0.717, 1.165) is 42.1 Å². The number of carbonyl (C=O) groups is 1. The summed E-state index contributed by atoms with van der Waals surface area (Å²) in [5.41, 5.74) is 7.43. The van der Waals surface area contributed by atoms with Crippen molar-refractivity contribution in [3.8, 4) is 5.75 Å². The van der Waals surface area contributed by atoms with E-state index in [1.807, 2.05) is 0 Å². The molecule has 0 bridgehead atoms. The fourth-order valence-corrected chi connectivity index (χ4v) is 8.54. The molecule has 2 aromatic carbocycles. The normalized spacial score (nSPS) is 23.7. The Hall–Kier alpha value is -2.52. The minimum Gasteiger partial charge on any atom is -0.488 e. The number of para-hydroxylation sites is 1. The zero-order chi connectivity index (χ0) is 32.1. The highest BCUT2D eigenvalue weighted by Crippen LogP contribution is 2.38. The average molecular weight is 636 g/mol. The Morgan fingerprint density at radius 3 is 2.64 bits per heavy atom. The molecule has 3 atom stereocenters. The minimum absolute atomic E-state index is 0.0291. The molecule has 1 fully saturated rings. The van der Waals surface area contributed by atoms with Gasteiger partial charge in [0.15, 0.2) is 0 Å². The number of aliphatic carboxylic acids is 1. The van der Waals surface area contributed by atoms with E-state index in [0.29, 0.717) is 32.2 Å². The maximum atomic E-state index is 11.7. The van der Waals surface area contributed by atoms with E-state index in [2.05, 4.69) is 91.5 Å². The number of thioether (sulfide) groups is 1. The minimum atomic E-state index is -0.776. The molecule has 3 unspecified atom stereocenters. The van der Waals surface area contributed by atoms with Crippen LogP contribution in [-0.2, 0) is 28.0 Å². The molecule has 0 saturated carbocycles. The van der Waals surface area contributed by atoms with Crippen LogP contribution < -0.4 is 10.1 Å². The number of likely N-dealkylation sites (tertiary alicyclic amines) is 1. The van der Waals surface area contributed by atoms with Crippen LogP contribution in [0.5, 0.6) is 5.75 Å². The molecule has 3 aliphatic rings. The van der Waals surface area contributed by atoms with Crippen molar-refractivity contribution in [2.75, 3.05) is 33.3 Å². The molecular formula is C37H53N3O4S. The molecule has 0 aliphatic carbocycles. The number of hydrogen-bond acceptors (Lipinski definition) is 7. The molecular weight excluding hydrogens is 582 g/mol. The predicted octanol–water partition coefficient (Wildman–Crippen LogP) is 7.02. The van der Waals surface area contributed by atoms with Crippen molar-refractivity contribution in [2.24, 2.45) is 5.92 Å². The monoisotopic (exact) mass is 635 g/mol. The van der Waals surface area contributed by atoms with Crippen LogP contribution in [0.4, 0.5) is 0 Å². The van der Waals surface area contributed by atoms with E-state index in [4.69, 9.17) is 9.47 Å². The Morgan fingerprint density at radius 2 is 1.93 bits per heavy atom. The highest BCUT2D eigenvalue weighted by molar-refractivity contribution is 8.03. The number of benzene rings is 2. The molecule has 0 aromatic heterocycles. The Balaban J connectivity index is 1.27. The van der Waals surface area contributed by atoms with Crippen LogP contribution >= 0.6 is 11.8 Å². The van der Waals surface area contributed by atoms with Gasteiger partial charge in [0.25, 0.3) is 0 Å². The van der Waals surface area contributed by atoms with Gasteiger partial charge in [0.1, 0.15) is 17.9 Å². The van der Waals surface area contributed by atoms with Crippen molar-refractivity contribution >= 4 is 23.4 Å². The number of carboxylic acid groups (broad SMARTS) is 1. The molecule has 1 saturated heterocycles. The van der Waals surface area contributed by atoms with Gasteiger partial charge in [-0.3, -0.25) is 14.6 Å². The van der Waals surface area contributed by atoms with E-state index in [1.165, 1.54) is 42.4 Å². The van der Waals surface area contributed by atoms with Crippen LogP contribution in [0, 0.1) is 12.8 Å². The largest absolute Gasteiger partial charge is 0.488 e. The first kappa shape index (κ1) is 33.8. The quantitative estimate of drug-likeness (QED) is 0.258. The van der Waals surface area contributed by atoms with Crippen LogP contribution in [-0.4, -0.2) is 71.8 Å². The summed E-state index contributed by atoms with van der Waals surface area (Å²) in [7, 11) is 1.61. The Kier molecular flexibility index (Phi) is 11.2. The summed E-state index contributed by atoms with van der Waals surface area (Å²) in [5, 5.41) is 15.4. The molecule has 2 N–H and O–H groups in total. The molecule has 45 heavy (non-hydrogen) atoms. The van der Waals surface area contributed by atoms with Crippen molar-refractivity contribution < 1.29 is 19.4 Å². The van der Waals surface area contributed by atoms with Crippen molar-refractivity contribution in [3.05, 3.63) is 69.6 Å². The van der Waals surface area contributed by atoms with E-state index < -0.39 is 11.9 Å². The van der Waals surface area contributed by atoms with Gasteiger partial charge in [-0.2, -0.15) is 0 Å². The molecule has 2 aromatic rings. The molecule has 7 nitrogen and oxygen atoms in total. The second-order valence-corrected chi connectivity index (χ2v) is 14.7. The number of ether oxygens (including phenoxy) is 2. The second-order valence-electron chi connectivity index (χ2n) is 13.7. The SMILES string of the molecule is CCCC(CCC)N1CCc2ccc(COc3c(C)cccc3C3=CSC(N4CCC(C(=O)O)C(OC)C4)N3)cc2C(C)(C)C1. The summed E-state index contributed by atoms with van der Waals surface area (Å²) >= 11 is 1.72. The molecule has 5 rings (SSSR count). The summed E-state index contributed by atoms with van der Waals surface area (Å²) < 4.78 is 12.2. The third-order valence-corrected chi connectivity index (χ3v) is 11.0. The topological polar surface area (TPSA) is 74.3 Å². The van der Waals surface area contributed by atoms with Crippen molar-refractivity contribution in [1.29, 1.82) is 0 Å². The Morgan fingerprint density at radius 1 is 1.16 bits per heavy atom. The number of nitrogens with zero attached hydrogens (tertiary/aromatic N) is 2. The smallest absolute Gasteiger partial charge is 0.309 e. The molecule has 0 amide bonds. The first-order chi connectivity index (χ1) is 21.6. The molecule has 3 heterocycles. The third kappa shape index (κ3) is 7.73. The molecule has 3 aliphatic heterocycles. The second kappa shape index (κ2) is 14.9. The van der Waals surface area contributed by atoms with Crippen LogP contribution in [0.3, 0.4) is 0 Å². The van der Waals surface area contributed by atoms with Gasteiger partial charge in [-0.25, -0.2) is 0 Å². The lowest BCUT2D eigenvalue weighted by Crippen LogP contribution is -2.52. The van der Waals surface area contributed by atoms with Crippen LogP contribution in [0.1, 0.15) is 87.6 Å². The average Bonchev–Trinajstić information content (AvgIpc) is 3.47. The summed E-state index contributed by atoms with van der Waals surface area (Å²) in [6.45, 7) is 15.6. The Bertz CT molecular complexity index is 1360. The summed E-state index contributed by atoms with van der Waals surface area (Å²) in [4.78, 5) is 16.7. The zero-order valence-corrected chi connectivity index (χ0v) is 28.9. The zero-order valence-electron chi connectivity index (χ0n) is 28.1. The van der Waals surface area contributed by atoms with Gasteiger partial charge in [-0.05, 0) is 66.3 Å². The fourth-order valence-electron chi connectivity index (χ4n) is 7.52. The van der Waals surface area contributed by atoms with Gasteiger partial charge in [0.05, 0.1) is 17.7 Å². The molecule has 0 radical (unpaired) electrons. The summed E-state index contributed by atoms with van der Waals surface area (Å²) in [6, 6.07) is 14.0. The predicted molar refractivity (Wildman–Crippen MR) is 184 cm³/mol. The van der Waals surface area contributed by atoms with Crippen LogP contribution in [0.15, 0.2) is 41.8 Å². The summed E-state index contributed by atoms with van der Waals surface area (Å²) in [5.74, 6) is -0.334. The molecule has 0 spiro atoms. The highest BCUT2D eigenvalue weighted by Gasteiger charge is 2.38. The lowest BCUT2D eigenvalue weighted by Gasteiger charge is -2.38.